The Morgan fingerprint density at radius 3 is 2.30 bits per heavy atom. The fourth-order valence-electron chi connectivity index (χ4n) is 2.45. The van der Waals surface area contributed by atoms with Crippen molar-refractivity contribution in [1.82, 2.24) is 5.32 Å². The van der Waals surface area contributed by atoms with Gasteiger partial charge in [0, 0.05) is 12.8 Å². The number of sulfone groups is 1. The van der Waals surface area contributed by atoms with Crippen molar-refractivity contribution in [3.63, 3.8) is 0 Å². The Balaban J connectivity index is 1.96. The molecule has 1 saturated carbocycles. The van der Waals surface area contributed by atoms with Crippen molar-refractivity contribution >= 4 is 15.7 Å². The fourth-order valence-corrected chi connectivity index (χ4v) is 3.08. The standard InChI is InChI=1S/C14H20N2O3S/c1-20(18,19)12-6-4-11(5-7-12)10-16-13(17)14(15)8-2-3-9-14/h4-7H,2-3,8-10,15H2,1H3,(H,16,17). The van der Waals surface area contributed by atoms with Gasteiger partial charge in [-0.2, -0.15) is 0 Å². The summed E-state index contributed by atoms with van der Waals surface area (Å²) in [4.78, 5) is 12.3. The topological polar surface area (TPSA) is 89.3 Å². The molecule has 0 unspecified atom stereocenters. The van der Waals surface area contributed by atoms with Gasteiger partial charge in [0.2, 0.25) is 5.91 Å². The Kier molecular flexibility index (Phi) is 4.15. The van der Waals surface area contributed by atoms with Crippen LogP contribution in [0.1, 0.15) is 31.2 Å². The molecule has 3 N–H and O–H groups in total. The third kappa shape index (κ3) is 3.37. The summed E-state index contributed by atoms with van der Waals surface area (Å²) >= 11 is 0. The molecule has 1 amide bonds. The van der Waals surface area contributed by atoms with E-state index in [2.05, 4.69) is 5.32 Å². The van der Waals surface area contributed by atoms with Crippen molar-refractivity contribution in [2.45, 2.75) is 42.7 Å². The van der Waals surface area contributed by atoms with Gasteiger partial charge in [0.25, 0.3) is 0 Å². The molecule has 0 aliphatic heterocycles. The van der Waals surface area contributed by atoms with Crippen LogP contribution in [-0.4, -0.2) is 26.1 Å². The van der Waals surface area contributed by atoms with E-state index in [0.29, 0.717) is 6.54 Å². The summed E-state index contributed by atoms with van der Waals surface area (Å²) < 4.78 is 22.7. The van der Waals surface area contributed by atoms with E-state index in [4.69, 9.17) is 5.73 Å². The molecule has 0 saturated heterocycles. The molecule has 2 rings (SSSR count). The average molecular weight is 296 g/mol. The second-order valence-electron chi connectivity index (χ2n) is 5.46. The van der Waals surface area contributed by atoms with E-state index >= 15 is 0 Å². The first kappa shape index (κ1) is 15.0. The predicted octanol–water partition coefficient (Wildman–Crippen LogP) is 0.978. The fraction of sp³-hybridized carbons (Fsp3) is 0.500. The zero-order valence-electron chi connectivity index (χ0n) is 11.6. The number of carbonyl (C=O) groups excluding carboxylic acids is 1. The van der Waals surface area contributed by atoms with Gasteiger partial charge < -0.3 is 11.1 Å². The van der Waals surface area contributed by atoms with Gasteiger partial charge in [-0.15, -0.1) is 0 Å². The Hall–Kier alpha value is -1.40. The summed E-state index contributed by atoms with van der Waals surface area (Å²) in [6.45, 7) is 0.363. The molecule has 0 heterocycles. The SMILES string of the molecule is CS(=O)(=O)c1ccc(CNC(=O)C2(N)CCCC2)cc1. The van der Waals surface area contributed by atoms with E-state index < -0.39 is 15.4 Å². The first-order valence-corrected chi connectivity index (χ1v) is 8.57. The van der Waals surface area contributed by atoms with Gasteiger partial charge in [0.1, 0.15) is 0 Å². The number of carbonyl (C=O) groups is 1. The minimum atomic E-state index is -3.18. The molecule has 0 atom stereocenters. The maximum Gasteiger partial charge on any atom is 0.240 e. The summed E-state index contributed by atoms with van der Waals surface area (Å²) in [7, 11) is -3.18. The summed E-state index contributed by atoms with van der Waals surface area (Å²) in [5.74, 6) is -0.123. The molecule has 6 heteroatoms. The lowest BCUT2D eigenvalue weighted by molar-refractivity contribution is -0.126. The maximum absolute atomic E-state index is 12.0. The van der Waals surface area contributed by atoms with E-state index in [1.165, 1.54) is 6.26 Å². The summed E-state index contributed by atoms with van der Waals surface area (Å²) in [5, 5.41) is 2.83. The lowest BCUT2D eigenvalue weighted by atomic mass is 9.98. The van der Waals surface area contributed by atoms with Gasteiger partial charge in [-0.05, 0) is 30.5 Å². The number of rotatable bonds is 4. The van der Waals surface area contributed by atoms with E-state index in [9.17, 15) is 13.2 Å². The minimum Gasteiger partial charge on any atom is -0.350 e. The molecule has 110 valence electrons. The Morgan fingerprint density at radius 1 is 1.25 bits per heavy atom. The van der Waals surface area contributed by atoms with Crippen LogP contribution in [-0.2, 0) is 21.2 Å². The highest BCUT2D eigenvalue weighted by molar-refractivity contribution is 7.90. The van der Waals surface area contributed by atoms with Crippen LogP contribution in [0.3, 0.4) is 0 Å². The van der Waals surface area contributed by atoms with Crippen LogP contribution in [0.5, 0.6) is 0 Å². The van der Waals surface area contributed by atoms with Crippen LogP contribution in [0.25, 0.3) is 0 Å². The minimum absolute atomic E-state index is 0.123. The molecular weight excluding hydrogens is 276 g/mol. The van der Waals surface area contributed by atoms with Gasteiger partial charge >= 0.3 is 0 Å². The Labute approximate surface area is 119 Å². The number of benzene rings is 1. The van der Waals surface area contributed by atoms with Gasteiger partial charge in [-0.3, -0.25) is 4.79 Å². The van der Waals surface area contributed by atoms with E-state index in [1.807, 2.05) is 0 Å². The summed E-state index contributed by atoms with van der Waals surface area (Å²) in [6.07, 6.45) is 4.61. The van der Waals surface area contributed by atoms with Crippen LogP contribution < -0.4 is 11.1 Å². The van der Waals surface area contributed by atoms with Crippen molar-refractivity contribution in [3.8, 4) is 0 Å². The van der Waals surface area contributed by atoms with E-state index in [1.54, 1.807) is 24.3 Å². The number of amides is 1. The smallest absolute Gasteiger partial charge is 0.240 e. The van der Waals surface area contributed by atoms with Crippen molar-refractivity contribution in [3.05, 3.63) is 29.8 Å². The zero-order chi connectivity index (χ0) is 14.8. The second-order valence-corrected chi connectivity index (χ2v) is 7.48. The molecule has 0 bridgehead atoms. The molecule has 5 nitrogen and oxygen atoms in total. The third-order valence-corrected chi connectivity index (χ3v) is 4.88. The van der Waals surface area contributed by atoms with Crippen LogP contribution in [0, 0.1) is 0 Å². The first-order chi connectivity index (χ1) is 9.31. The van der Waals surface area contributed by atoms with Crippen LogP contribution in [0.2, 0.25) is 0 Å². The molecule has 0 aromatic heterocycles. The van der Waals surface area contributed by atoms with Crippen LogP contribution >= 0.6 is 0 Å². The quantitative estimate of drug-likeness (QED) is 0.866. The Bertz CT molecular complexity index is 587. The van der Waals surface area contributed by atoms with Crippen LogP contribution in [0.15, 0.2) is 29.2 Å². The highest BCUT2D eigenvalue weighted by Gasteiger charge is 2.36. The van der Waals surface area contributed by atoms with Crippen molar-refractivity contribution in [1.29, 1.82) is 0 Å². The second kappa shape index (κ2) is 5.54. The number of hydrogen-bond acceptors (Lipinski definition) is 4. The molecule has 1 aromatic rings. The van der Waals surface area contributed by atoms with Gasteiger partial charge in [0.05, 0.1) is 10.4 Å². The number of nitrogens with two attached hydrogens (primary N) is 1. The summed E-state index contributed by atoms with van der Waals surface area (Å²) in [5.41, 5.74) is 6.18. The average Bonchev–Trinajstić information content (AvgIpc) is 2.84. The summed E-state index contributed by atoms with van der Waals surface area (Å²) in [6, 6.07) is 6.50. The van der Waals surface area contributed by atoms with Gasteiger partial charge in [0.15, 0.2) is 9.84 Å². The highest BCUT2D eigenvalue weighted by Crippen LogP contribution is 2.27. The third-order valence-electron chi connectivity index (χ3n) is 3.75. The lowest BCUT2D eigenvalue weighted by Gasteiger charge is -2.22. The maximum atomic E-state index is 12.0. The van der Waals surface area contributed by atoms with E-state index in [-0.39, 0.29) is 10.8 Å². The molecule has 1 aromatic carbocycles. The normalized spacial score (nSPS) is 17.9. The molecular formula is C14H20N2O3S. The molecule has 0 spiro atoms. The van der Waals surface area contributed by atoms with Crippen molar-refractivity contribution in [2.24, 2.45) is 5.73 Å². The zero-order valence-corrected chi connectivity index (χ0v) is 12.4. The van der Waals surface area contributed by atoms with Crippen LogP contribution in [0.4, 0.5) is 0 Å². The van der Waals surface area contributed by atoms with Crippen molar-refractivity contribution < 1.29 is 13.2 Å². The Morgan fingerprint density at radius 2 is 1.80 bits per heavy atom. The highest BCUT2D eigenvalue weighted by atomic mass is 32.2. The first-order valence-electron chi connectivity index (χ1n) is 6.67. The molecule has 1 fully saturated rings. The molecule has 0 radical (unpaired) electrons. The molecule has 1 aliphatic rings. The molecule has 1 aliphatic carbocycles. The molecule has 20 heavy (non-hydrogen) atoms. The van der Waals surface area contributed by atoms with E-state index in [0.717, 1.165) is 31.2 Å². The number of nitrogens with one attached hydrogen (secondary N) is 1. The number of hydrogen-bond donors (Lipinski definition) is 2. The predicted molar refractivity (Wildman–Crippen MR) is 76.8 cm³/mol. The largest absolute Gasteiger partial charge is 0.350 e. The van der Waals surface area contributed by atoms with Gasteiger partial charge in [-0.1, -0.05) is 25.0 Å². The monoisotopic (exact) mass is 296 g/mol. The van der Waals surface area contributed by atoms with Crippen molar-refractivity contribution in [2.75, 3.05) is 6.26 Å². The lowest BCUT2D eigenvalue weighted by Crippen LogP contribution is -2.51. The van der Waals surface area contributed by atoms with Gasteiger partial charge in [-0.25, -0.2) is 8.42 Å².